The molecule has 1 aliphatic heterocycles. The van der Waals surface area contributed by atoms with Crippen LogP contribution in [0.2, 0.25) is 0 Å². The number of hydrogen-bond acceptors (Lipinski definition) is 4. The van der Waals surface area contributed by atoms with Crippen molar-refractivity contribution in [2.45, 2.75) is 13.3 Å². The highest BCUT2D eigenvalue weighted by Crippen LogP contribution is 2.70. The Labute approximate surface area is 280 Å². The minimum atomic E-state index is -3.51. The van der Waals surface area contributed by atoms with Gasteiger partial charge in [-0.25, -0.2) is 15.0 Å². The number of anilines is 4. The van der Waals surface area contributed by atoms with Gasteiger partial charge in [0.15, 0.2) is 17.5 Å². The number of nitrogens with zero attached hydrogens (tertiary/aromatic N) is 5. The van der Waals surface area contributed by atoms with E-state index < -0.39 is 7.44 Å². The summed E-state index contributed by atoms with van der Waals surface area (Å²) in [5, 5.41) is 0.739. The minimum Gasteiger partial charge on any atom is -0.270 e. The molecule has 5 aromatic carbocycles. The second-order valence-corrected chi connectivity index (χ2v) is 14.1. The predicted molar refractivity (Wildman–Crippen MR) is 197 cm³/mol. The first-order valence-electron chi connectivity index (χ1n) is 16.0. The Morgan fingerprint density at radius 2 is 1.23 bits per heavy atom. The molecular formula is C41H32N5OP. The summed E-state index contributed by atoms with van der Waals surface area (Å²) in [4.78, 5) is 15.0. The average molecular weight is 642 g/mol. The molecule has 6 aromatic rings. The van der Waals surface area contributed by atoms with Crippen LogP contribution in [0, 0.1) is 6.92 Å². The molecular weight excluding hydrogens is 609 g/mol. The largest absolute Gasteiger partial charge is 0.301 e. The SMILES string of the molecule is Cc1cccc(N2c3ccc(-c4nc(C5=CCC=CC=C5)nc(-c5ccccc5)n4)cc3N(c3ccccc3)P2(=O)c2ccccc2)c1. The Morgan fingerprint density at radius 1 is 0.583 bits per heavy atom. The monoisotopic (exact) mass is 641 g/mol. The Morgan fingerprint density at radius 3 is 1.98 bits per heavy atom. The maximum absolute atomic E-state index is 16.0. The fourth-order valence-electron chi connectivity index (χ4n) is 6.26. The Kier molecular flexibility index (Phi) is 7.64. The Balaban J connectivity index is 1.37. The molecule has 1 aliphatic carbocycles. The first-order valence-corrected chi connectivity index (χ1v) is 17.6. The molecule has 1 atom stereocenters. The fraction of sp³-hybridized carbons (Fsp3) is 0.0488. The maximum Gasteiger partial charge on any atom is 0.301 e. The lowest BCUT2D eigenvalue weighted by molar-refractivity contribution is 0.582. The molecule has 1 unspecified atom stereocenters. The molecule has 6 nitrogen and oxygen atoms in total. The molecule has 2 aliphatic rings. The molecule has 48 heavy (non-hydrogen) atoms. The normalized spacial score (nSPS) is 16.8. The molecule has 232 valence electrons. The number of para-hydroxylation sites is 1. The molecule has 0 radical (unpaired) electrons. The van der Waals surface area contributed by atoms with Crippen LogP contribution in [0.5, 0.6) is 0 Å². The summed E-state index contributed by atoms with van der Waals surface area (Å²) in [7, 11) is -3.51. The smallest absolute Gasteiger partial charge is 0.270 e. The van der Waals surface area contributed by atoms with Gasteiger partial charge in [0.2, 0.25) is 0 Å². The van der Waals surface area contributed by atoms with Crippen molar-refractivity contribution in [2.75, 3.05) is 9.34 Å². The quantitative estimate of drug-likeness (QED) is 0.169. The van der Waals surface area contributed by atoms with Gasteiger partial charge in [-0.1, -0.05) is 109 Å². The van der Waals surface area contributed by atoms with Gasteiger partial charge in [-0.3, -0.25) is 13.9 Å². The van der Waals surface area contributed by atoms with Gasteiger partial charge in [0.25, 0.3) is 0 Å². The molecule has 7 heteroatoms. The predicted octanol–water partition coefficient (Wildman–Crippen LogP) is 10.2. The fourth-order valence-corrected chi connectivity index (χ4v) is 9.26. The lowest BCUT2D eigenvalue weighted by Crippen LogP contribution is -2.26. The topological polar surface area (TPSA) is 62.2 Å². The van der Waals surface area contributed by atoms with Crippen LogP contribution in [0.25, 0.3) is 28.3 Å². The summed E-state index contributed by atoms with van der Waals surface area (Å²) in [5.74, 6) is 1.75. The number of aryl methyl sites for hydroxylation is 1. The van der Waals surface area contributed by atoms with E-state index in [0.717, 1.165) is 56.7 Å². The first-order chi connectivity index (χ1) is 23.6. The summed E-state index contributed by atoms with van der Waals surface area (Å²) in [5.41, 5.74) is 7.10. The van der Waals surface area contributed by atoms with E-state index in [-0.39, 0.29) is 0 Å². The second-order valence-electron chi connectivity index (χ2n) is 11.7. The molecule has 0 fully saturated rings. The van der Waals surface area contributed by atoms with Gasteiger partial charge in [-0.15, -0.1) is 0 Å². The molecule has 0 saturated carbocycles. The zero-order chi connectivity index (χ0) is 32.5. The van der Waals surface area contributed by atoms with Crippen molar-refractivity contribution in [1.82, 2.24) is 15.0 Å². The number of benzene rings is 5. The lowest BCUT2D eigenvalue weighted by atomic mass is 10.1. The molecule has 0 saturated heterocycles. The van der Waals surface area contributed by atoms with Crippen molar-refractivity contribution in [1.29, 1.82) is 0 Å². The van der Waals surface area contributed by atoms with E-state index in [1.807, 2.05) is 143 Å². The van der Waals surface area contributed by atoms with Crippen LogP contribution >= 0.6 is 7.44 Å². The van der Waals surface area contributed by atoms with Gasteiger partial charge in [0.1, 0.15) is 0 Å². The van der Waals surface area contributed by atoms with Crippen molar-refractivity contribution in [3.63, 3.8) is 0 Å². The zero-order valence-corrected chi connectivity index (χ0v) is 27.3. The van der Waals surface area contributed by atoms with E-state index in [4.69, 9.17) is 15.0 Å². The highest BCUT2D eigenvalue weighted by molar-refractivity contribution is 7.76. The van der Waals surface area contributed by atoms with Crippen LogP contribution in [0.3, 0.4) is 0 Å². The van der Waals surface area contributed by atoms with E-state index in [1.165, 1.54) is 0 Å². The van der Waals surface area contributed by atoms with Gasteiger partial charge in [-0.05, 0) is 73.5 Å². The van der Waals surface area contributed by atoms with Crippen molar-refractivity contribution >= 4 is 41.1 Å². The number of aromatic nitrogens is 3. The van der Waals surface area contributed by atoms with Crippen molar-refractivity contribution in [3.8, 4) is 22.8 Å². The van der Waals surface area contributed by atoms with Crippen LogP contribution < -0.4 is 14.6 Å². The lowest BCUT2D eigenvalue weighted by Gasteiger charge is -2.33. The standard InChI is InChI=1S/C41H32N5OP/c1-30-16-15-23-35(28-30)46-37-27-26-33(29-38(37)45(34-21-11-5-12-22-34)48(46,47)36-24-13-6-14-25-36)41-43-39(31-17-7-2-3-8-18-31)42-40(44-41)32-19-9-4-10-20-32/h2-7,9-29H,8H2,1H3. The summed E-state index contributed by atoms with van der Waals surface area (Å²) in [6.07, 6.45) is 11.1. The van der Waals surface area contributed by atoms with Gasteiger partial charge in [0.05, 0.1) is 16.7 Å². The highest BCUT2D eigenvalue weighted by Gasteiger charge is 2.49. The third-order valence-corrected chi connectivity index (χ3v) is 11.4. The van der Waals surface area contributed by atoms with Gasteiger partial charge in [0, 0.05) is 28.1 Å². The average Bonchev–Trinajstić information content (AvgIpc) is 3.26. The van der Waals surface area contributed by atoms with Crippen molar-refractivity contribution in [2.24, 2.45) is 0 Å². The molecule has 2 heterocycles. The summed E-state index contributed by atoms with van der Waals surface area (Å²) in [6, 6.07) is 44.1. The first kappa shape index (κ1) is 29.6. The molecule has 0 bridgehead atoms. The van der Waals surface area contributed by atoms with Gasteiger partial charge >= 0.3 is 7.44 Å². The van der Waals surface area contributed by atoms with Crippen LogP contribution in [0.1, 0.15) is 17.8 Å². The number of allylic oxidation sites excluding steroid dienone is 6. The number of rotatable bonds is 6. The van der Waals surface area contributed by atoms with Gasteiger partial charge < -0.3 is 0 Å². The highest BCUT2D eigenvalue weighted by atomic mass is 31.2. The van der Waals surface area contributed by atoms with Crippen LogP contribution in [0.4, 0.5) is 22.7 Å². The zero-order valence-electron chi connectivity index (χ0n) is 26.4. The minimum absolute atomic E-state index is 0.546. The van der Waals surface area contributed by atoms with Crippen molar-refractivity contribution in [3.05, 3.63) is 175 Å². The van der Waals surface area contributed by atoms with Crippen LogP contribution in [-0.4, -0.2) is 15.0 Å². The van der Waals surface area contributed by atoms with E-state index >= 15 is 4.57 Å². The van der Waals surface area contributed by atoms with Crippen molar-refractivity contribution < 1.29 is 4.57 Å². The molecule has 0 N–H and O–H groups in total. The molecule has 8 rings (SSSR count). The van der Waals surface area contributed by atoms with E-state index in [2.05, 4.69) is 37.3 Å². The van der Waals surface area contributed by atoms with Gasteiger partial charge in [-0.2, -0.15) is 0 Å². The van der Waals surface area contributed by atoms with Crippen LogP contribution in [-0.2, 0) is 4.57 Å². The summed E-state index contributed by atoms with van der Waals surface area (Å²) >= 11 is 0. The Bertz CT molecular complexity index is 2270. The molecule has 0 spiro atoms. The molecule has 0 amide bonds. The number of fused-ring (bicyclic) bond motifs is 1. The summed E-state index contributed by atoms with van der Waals surface area (Å²) in [6.45, 7) is 2.06. The third-order valence-electron chi connectivity index (χ3n) is 8.49. The van der Waals surface area contributed by atoms with Crippen LogP contribution in [0.15, 0.2) is 164 Å². The maximum atomic E-state index is 16.0. The third kappa shape index (κ3) is 5.26. The Hall–Kier alpha value is -5.84. The van der Waals surface area contributed by atoms with E-state index in [9.17, 15) is 0 Å². The van der Waals surface area contributed by atoms with E-state index in [0.29, 0.717) is 17.5 Å². The summed E-state index contributed by atoms with van der Waals surface area (Å²) < 4.78 is 20.0. The van der Waals surface area contributed by atoms with E-state index in [1.54, 1.807) is 0 Å². The second kappa shape index (κ2) is 12.4. The number of hydrogen-bond donors (Lipinski definition) is 0. The molecule has 1 aromatic heterocycles.